The van der Waals surface area contributed by atoms with Gasteiger partial charge in [-0.1, -0.05) is 13.3 Å². The molecule has 0 amide bonds. The maximum Gasteiger partial charge on any atom is 0.338 e. The molecule has 6 nitrogen and oxygen atoms in total. The van der Waals surface area contributed by atoms with Crippen molar-refractivity contribution in [3.63, 3.8) is 0 Å². The van der Waals surface area contributed by atoms with Crippen molar-refractivity contribution in [1.82, 2.24) is 19.5 Å². The molecule has 0 bridgehead atoms. The lowest BCUT2D eigenvalue weighted by Crippen LogP contribution is -2.40. The highest BCUT2D eigenvalue weighted by Crippen LogP contribution is 2.19. The van der Waals surface area contributed by atoms with Gasteiger partial charge in [0.2, 0.25) is 0 Å². The number of pyridine rings is 1. The van der Waals surface area contributed by atoms with Crippen LogP contribution in [-0.2, 0) is 11.2 Å². The lowest BCUT2D eigenvalue weighted by molar-refractivity contribution is 0.0600. The molecular weight excluding hydrogens is 280 g/mol. The SMILES string of the molecule is CCN1CCCCC1Cc1nc2cc(C(=O)OC)ccn2n1. The molecule has 0 N–H and O–H groups in total. The van der Waals surface area contributed by atoms with Gasteiger partial charge in [-0.25, -0.2) is 14.3 Å². The van der Waals surface area contributed by atoms with Crippen LogP contribution >= 0.6 is 0 Å². The summed E-state index contributed by atoms with van der Waals surface area (Å²) in [7, 11) is 1.38. The zero-order valence-electron chi connectivity index (χ0n) is 13.2. The highest BCUT2D eigenvalue weighted by Gasteiger charge is 2.22. The number of carbonyl (C=O) groups excluding carboxylic acids is 1. The van der Waals surface area contributed by atoms with Gasteiger partial charge in [-0.15, -0.1) is 0 Å². The van der Waals surface area contributed by atoms with Crippen molar-refractivity contribution in [3.8, 4) is 0 Å². The Labute approximate surface area is 130 Å². The number of nitrogens with zero attached hydrogens (tertiary/aromatic N) is 4. The minimum Gasteiger partial charge on any atom is -0.465 e. The number of carbonyl (C=O) groups is 1. The largest absolute Gasteiger partial charge is 0.465 e. The molecule has 0 spiro atoms. The van der Waals surface area contributed by atoms with E-state index in [0.717, 1.165) is 18.8 Å². The van der Waals surface area contributed by atoms with E-state index in [2.05, 4.69) is 21.9 Å². The van der Waals surface area contributed by atoms with Gasteiger partial charge in [0.1, 0.15) is 0 Å². The van der Waals surface area contributed by atoms with E-state index < -0.39 is 0 Å². The zero-order valence-corrected chi connectivity index (χ0v) is 13.2. The Hall–Kier alpha value is -1.95. The molecule has 118 valence electrons. The lowest BCUT2D eigenvalue weighted by Gasteiger charge is -2.34. The summed E-state index contributed by atoms with van der Waals surface area (Å²) in [4.78, 5) is 18.7. The van der Waals surface area contributed by atoms with Crippen molar-refractivity contribution in [2.24, 2.45) is 0 Å². The van der Waals surface area contributed by atoms with Crippen molar-refractivity contribution in [2.75, 3.05) is 20.2 Å². The van der Waals surface area contributed by atoms with Crippen molar-refractivity contribution < 1.29 is 9.53 Å². The van der Waals surface area contributed by atoms with Crippen LogP contribution in [0.15, 0.2) is 18.3 Å². The summed E-state index contributed by atoms with van der Waals surface area (Å²) in [6.45, 7) is 4.45. The average molecular weight is 302 g/mol. The van der Waals surface area contributed by atoms with Gasteiger partial charge in [0.05, 0.1) is 12.7 Å². The van der Waals surface area contributed by atoms with Crippen LogP contribution < -0.4 is 0 Å². The van der Waals surface area contributed by atoms with Gasteiger partial charge < -0.3 is 9.64 Å². The molecule has 0 saturated carbocycles. The van der Waals surface area contributed by atoms with Crippen molar-refractivity contribution in [3.05, 3.63) is 29.7 Å². The minimum absolute atomic E-state index is 0.350. The van der Waals surface area contributed by atoms with E-state index in [1.165, 1.54) is 32.9 Å². The van der Waals surface area contributed by atoms with Gasteiger partial charge in [-0.2, -0.15) is 5.10 Å². The van der Waals surface area contributed by atoms with E-state index in [-0.39, 0.29) is 5.97 Å². The molecule has 1 fully saturated rings. The Balaban J connectivity index is 1.81. The number of hydrogen-bond donors (Lipinski definition) is 0. The van der Waals surface area contributed by atoms with Gasteiger partial charge in [-0.3, -0.25) is 0 Å². The van der Waals surface area contributed by atoms with E-state index in [0.29, 0.717) is 17.3 Å². The third kappa shape index (κ3) is 2.97. The Morgan fingerprint density at radius 2 is 2.32 bits per heavy atom. The summed E-state index contributed by atoms with van der Waals surface area (Å²) in [6, 6.07) is 3.95. The zero-order chi connectivity index (χ0) is 15.5. The fraction of sp³-hybridized carbons (Fsp3) is 0.562. The van der Waals surface area contributed by atoms with Crippen LogP contribution in [-0.4, -0.2) is 51.7 Å². The molecule has 0 aromatic carbocycles. The molecule has 0 aliphatic carbocycles. The van der Waals surface area contributed by atoms with E-state index in [1.807, 2.05) is 0 Å². The molecule has 1 saturated heterocycles. The Morgan fingerprint density at radius 3 is 3.09 bits per heavy atom. The van der Waals surface area contributed by atoms with Crippen molar-refractivity contribution in [2.45, 2.75) is 38.6 Å². The van der Waals surface area contributed by atoms with E-state index >= 15 is 0 Å². The molecule has 3 rings (SSSR count). The smallest absolute Gasteiger partial charge is 0.338 e. The second kappa shape index (κ2) is 6.44. The van der Waals surface area contributed by atoms with Gasteiger partial charge >= 0.3 is 5.97 Å². The highest BCUT2D eigenvalue weighted by molar-refractivity contribution is 5.90. The molecule has 1 unspecified atom stereocenters. The number of likely N-dealkylation sites (tertiary alicyclic amines) is 1. The first-order chi connectivity index (χ1) is 10.7. The van der Waals surface area contributed by atoms with Gasteiger partial charge in [0.15, 0.2) is 11.5 Å². The number of fused-ring (bicyclic) bond motifs is 1. The predicted molar refractivity (Wildman–Crippen MR) is 82.9 cm³/mol. The van der Waals surface area contributed by atoms with Crippen LogP contribution in [0.2, 0.25) is 0 Å². The molecule has 3 heterocycles. The van der Waals surface area contributed by atoms with Gasteiger partial charge in [0.25, 0.3) is 0 Å². The third-order valence-electron chi connectivity index (χ3n) is 4.38. The minimum atomic E-state index is -0.350. The maximum atomic E-state index is 11.6. The van der Waals surface area contributed by atoms with Crippen LogP contribution in [0.5, 0.6) is 0 Å². The molecule has 1 aliphatic rings. The molecule has 0 radical (unpaired) electrons. The summed E-state index contributed by atoms with van der Waals surface area (Å²) in [5.74, 6) is 0.490. The number of rotatable bonds is 4. The number of aromatic nitrogens is 3. The maximum absolute atomic E-state index is 11.6. The van der Waals surface area contributed by atoms with Crippen LogP contribution in [0.25, 0.3) is 5.65 Å². The standard InChI is InChI=1S/C16H22N4O2/c1-3-19-8-5-4-6-13(19)11-14-17-15-10-12(16(21)22-2)7-9-20(15)18-14/h7,9-10,13H,3-6,8,11H2,1-2H3. The Kier molecular flexibility index (Phi) is 4.38. The molecule has 1 aliphatic heterocycles. The predicted octanol–water partition coefficient (Wildman–Crippen LogP) is 1.93. The first-order valence-corrected chi connectivity index (χ1v) is 7.89. The molecule has 2 aromatic rings. The number of hydrogen-bond acceptors (Lipinski definition) is 5. The summed E-state index contributed by atoms with van der Waals surface area (Å²) in [5, 5.41) is 4.53. The number of esters is 1. The van der Waals surface area contributed by atoms with Crippen LogP contribution in [0.4, 0.5) is 0 Å². The monoisotopic (exact) mass is 302 g/mol. The van der Waals surface area contributed by atoms with E-state index in [4.69, 9.17) is 4.74 Å². The summed E-state index contributed by atoms with van der Waals surface area (Å²) >= 11 is 0. The second-order valence-electron chi connectivity index (χ2n) is 5.72. The molecule has 6 heteroatoms. The van der Waals surface area contributed by atoms with Crippen LogP contribution in [0, 0.1) is 0 Å². The topological polar surface area (TPSA) is 59.7 Å². The summed E-state index contributed by atoms with van der Waals surface area (Å²) in [6.07, 6.45) is 6.39. The van der Waals surface area contributed by atoms with Crippen molar-refractivity contribution in [1.29, 1.82) is 0 Å². The van der Waals surface area contributed by atoms with E-state index in [9.17, 15) is 4.79 Å². The summed E-state index contributed by atoms with van der Waals surface area (Å²) < 4.78 is 6.46. The second-order valence-corrected chi connectivity index (χ2v) is 5.72. The number of piperidine rings is 1. The molecule has 22 heavy (non-hydrogen) atoms. The quantitative estimate of drug-likeness (QED) is 0.808. The Bertz CT molecular complexity index is 667. The lowest BCUT2D eigenvalue weighted by atomic mass is 9.99. The fourth-order valence-electron chi connectivity index (χ4n) is 3.18. The van der Waals surface area contributed by atoms with E-state index in [1.54, 1.807) is 22.8 Å². The molecule has 1 atom stereocenters. The fourth-order valence-corrected chi connectivity index (χ4v) is 3.18. The number of likely N-dealkylation sites (N-methyl/N-ethyl adjacent to an activating group) is 1. The van der Waals surface area contributed by atoms with Gasteiger partial charge in [0, 0.05) is 18.7 Å². The normalized spacial score (nSPS) is 19.5. The van der Waals surface area contributed by atoms with Crippen LogP contribution in [0.3, 0.4) is 0 Å². The first kappa shape index (κ1) is 15.0. The molecule has 2 aromatic heterocycles. The number of ether oxygens (including phenoxy) is 1. The summed E-state index contributed by atoms with van der Waals surface area (Å²) in [5.41, 5.74) is 1.19. The Morgan fingerprint density at radius 1 is 1.45 bits per heavy atom. The van der Waals surface area contributed by atoms with Gasteiger partial charge in [-0.05, 0) is 38.1 Å². The van der Waals surface area contributed by atoms with Crippen molar-refractivity contribution >= 4 is 11.6 Å². The third-order valence-corrected chi connectivity index (χ3v) is 4.38. The van der Waals surface area contributed by atoms with Crippen LogP contribution in [0.1, 0.15) is 42.4 Å². The first-order valence-electron chi connectivity index (χ1n) is 7.89. The number of methoxy groups -OCH3 is 1. The highest BCUT2D eigenvalue weighted by atomic mass is 16.5. The average Bonchev–Trinajstić information content (AvgIpc) is 2.95. The molecular formula is C16H22N4O2.